The summed E-state index contributed by atoms with van der Waals surface area (Å²) in [4.78, 5) is 21.0. The average molecular weight is 716 g/mol. The largest absolute Gasteiger partial charge is 0.481 e. The topological polar surface area (TPSA) is 53.4 Å². The summed E-state index contributed by atoms with van der Waals surface area (Å²) in [5, 5.41) is 11.1. The summed E-state index contributed by atoms with van der Waals surface area (Å²) in [5.74, 6) is 0.279. The van der Waals surface area contributed by atoms with Crippen LogP contribution in [-0.2, 0) is 23.8 Å². The second-order valence-corrected chi connectivity index (χ2v) is 14.6. The van der Waals surface area contributed by atoms with E-state index in [0.717, 1.165) is 105 Å². The lowest BCUT2D eigenvalue weighted by molar-refractivity contribution is -0.144. The van der Waals surface area contributed by atoms with Gasteiger partial charge in [0.15, 0.2) is 0 Å². The molecule has 3 fully saturated rings. The fourth-order valence-corrected chi connectivity index (χ4v) is 9.17. The van der Waals surface area contributed by atoms with Crippen molar-refractivity contribution in [3.05, 3.63) is 86.6 Å². The van der Waals surface area contributed by atoms with Gasteiger partial charge >= 0.3 is 12.1 Å². The number of alkyl halides is 3. The molecule has 258 valence electrons. The molecule has 4 nitrogen and oxygen atoms in total. The standard InChI is InChI=1S/C36H42F4N2O2S.2ClH/c1-2-32-34(45-33(41-32)17-23-8-10-28(11-9-23)36(38,39)40)24-12-14-42(15-13-24)21-27-18-26(31(35(43)44)16-22-6-7-22)20-30(27)25-4-3-5-29(37)19-25;;/h3-5,8-11,19,22,24,26-27,30-31H,2,6-7,12-18,20-21H2,1H3,(H,43,44);2*1H/t26?,27?,30?,31-;;/m0../s1. The summed E-state index contributed by atoms with van der Waals surface area (Å²) in [6, 6.07) is 12.3. The van der Waals surface area contributed by atoms with Gasteiger partial charge in [-0.3, -0.25) is 4.79 Å². The molecule has 1 aliphatic heterocycles. The monoisotopic (exact) mass is 714 g/mol. The van der Waals surface area contributed by atoms with Crippen molar-refractivity contribution in [2.45, 2.75) is 82.7 Å². The molecule has 0 amide bonds. The molecular weight excluding hydrogens is 671 g/mol. The summed E-state index contributed by atoms with van der Waals surface area (Å²) >= 11 is 1.70. The van der Waals surface area contributed by atoms with Crippen molar-refractivity contribution in [3.63, 3.8) is 0 Å². The van der Waals surface area contributed by atoms with E-state index in [1.165, 1.54) is 10.9 Å². The number of aryl methyl sites for hydroxylation is 1. The van der Waals surface area contributed by atoms with Crippen LogP contribution >= 0.6 is 36.2 Å². The van der Waals surface area contributed by atoms with Crippen molar-refractivity contribution >= 4 is 42.1 Å². The van der Waals surface area contributed by atoms with Crippen LogP contribution in [0.25, 0.3) is 0 Å². The summed E-state index contributed by atoms with van der Waals surface area (Å²) in [6.07, 6.45) is 3.74. The molecule has 3 aliphatic rings. The molecule has 47 heavy (non-hydrogen) atoms. The molecule has 1 aromatic heterocycles. The lowest BCUT2D eigenvalue weighted by Crippen LogP contribution is -2.37. The summed E-state index contributed by atoms with van der Waals surface area (Å²) in [5.41, 5.74) is 2.28. The molecule has 1 N–H and O–H groups in total. The van der Waals surface area contributed by atoms with E-state index >= 15 is 0 Å². The zero-order valence-electron chi connectivity index (χ0n) is 26.6. The number of likely N-dealkylation sites (tertiary alicyclic amines) is 1. The Bertz CT molecular complexity index is 1470. The number of aromatic nitrogens is 1. The zero-order valence-corrected chi connectivity index (χ0v) is 29.0. The number of rotatable bonds is 11. The van der Waals surface area contributed by atoms with Crippen LogP contribution < -0.4 is 0 Å². The zero-order chi connectivity index (χ0) is 31.7. The van der Waals surface area contributed by atoms with Gasteiger partial charge in [-0.2, -0.15) is 13.2 Å². The minimum atomic E-state index is -4.34. The van der Waals surface area contributed by atoms with Crippen molar-refractivity contribution in [2.24, 2.45) is 23.7 Å². The Balaban J connectivity index is 0.00000250. The van der Waals surface area contributed by atoms with Gasteiger partial charge in [-0.25, -0.2) is 9.37 Å². The van der Waals surface area contributed by atoms with Crippen LogP contribution in [0.15, 0.2) is 48.5 Å². The number of aliphatic carboxylic acids is 1. The Morgan fingerprint density at radius 3 is 2.34 bits per heavy atom. The van der Waals surface area contributed by atoms with Crippen LogP contribution in [0, 0.1) is 29.5 Å². The van der Waals surface area contributed by atoms with E-state index < -0.39 is 17.7 Å². The van der Waals surface area contributed by atoms with E-state index in [2.05, 4.69) is 11.8 Å². The van der Waals surface area contributed by atoms with Gasteiger partial charge in [0.05, 0.1) is 22.2 Å². The van der Waals surface area contributed by atoms with E-state index in [0.29, 0.717) is 24.2 Å². The third-order valence-electron chi connectivity index (χ3n) is 10.4. The Morgan fingerprint density at radius 1 is 1.04 bits per heavy atom. The lowest BCUT2D eigenvalue weighted by atomic mass is 9.85. The van der Waals surface area contributed by atoms with Crippen LogP contribution in [0.5, 0.6) is 0 Å². The van der Waals surface area contributed by atoms with Gasteiger partial charge in [-0.05, 0) is 117 Å². The number of halogens is 6. The molecule has 0 radical (unpaired) electrons. The minimum absolute atomic E-state index is 0. The highest BCUT2D eigenvalue weighted by atomic mass is 35.5. The Labute approximate surface area is 291 Å². The summed E-state index contributed by atoms with van der Waals surface area (Å²) < 4.78 is 53.2. The molecular formula is C36H44Cl2F4N2O2S. The maximum atomic E-state index is 14.3. The molecule has 3 aromatic rings. The number of benzene rings is 2. The van der Waals surface area contributed by atoms with Crippen LogP contribution in [0.3, 0.4) is 0 Å². The first-order valence-corrected chi connectivity index (χ1v) is 17.2. The van der Waals surface area contributed by atoms with Gasteiger partial charge in [-0.1, -0.05) is 44.0 Å². The number of thiazole rings is 1. The molecule has 6 rings (SSSR count). The highest BCUT2D eigenvalue weighted by Crippen LogP contribution is 2.50. The van der Waals surface area contributed by atoms with Gasteiger partial charge in [0.1, 0.15) is 5.82 Å². The summed E-state index contributed by atoms with van der Waals surface area (Å²) in [6.45, 7) is 4.89. The smallest absolute Gasteiger partial charge is 0.416 e. The van der Waals surface area contributed by atoms with Crippen LogP contribution in [0.1, 0.15) is 96.0 Å². The molecule has 3 unspecified atom stereocenters. The van der Waals surface area contributed by atoms with E-state index in [-0.39, 0.29) is 48.4 Å². The second kappa shape index (κ2) is 16.0. The molecule has 2 heterocycles. The quantitative estimate of drug-likeness (QED) is 0.201. The van der Waals surface area contributed by atoms with Crippen LogP contribution in [-0.4, -0.2) is 40.6 Å². The first-order valence-electron chi connectivity index (χ1n) is 16.4. The maximum absolute atomic E-state index is 14.3. The fraction of sp³-hybridized carbons (Fsp3) is 0.556. The van der Waals surface area contributed by atoms with Crippen molar-refractivity contribution < 1.29 is 27.5 Å². The second-order valence-electron chi connectivity index (χ2n) is 13.5. The number of carbonyl (C=O) groups is 1. The number of hydrogen-bond acceptors (Lipinski definition) is 4. The first kappa shape index (κ1) is 37.6. The van der Waals surface area contributed by atoms with Gasteiger partial charge < -0.3 is 10.0 Å². The fourth-order valence-electron chi connectivity index (χ4n) is 7.81. The molecule has 4 atom stereocenters. The van der Waals surface area contributed by atoms with Gasteiger partial charge in [0.2, 0.25) is 0 Å². The molecule has 2 saturated carbocycles. The number of carboxylic acid groups (broad SMARTS) is 1. The third kappa shape index (κ3) is 9.28. The summed E-state index contributed by atoms with van der Waals surface area (Å²) in [7, 11) is 0. The average Bonchev–Trinajstić information content (AvgIpc) is 3.60. The minimum Gasteiger partial charge on any atom is -0.481 e. The molecule has 1 saturated heterocycles. The Kier molecular flexibility index (Phi) is 12.8. The Morgan fingerprint density at radius 2 is 1.74 bits per heavy atom. The van der Waals surface area contributed by atoms with Crippen LogP contribution in [0.2, 0.25) is 0 Å². The molecule has 2 aliphatic carbocycles. The van der Waals surface area contributed by atoms with Crippen molar-refractivity contribution in [3.8, 4) is 0 Å². The van der Waals surface area contributed by atoms with Gasteiger partial charge in [-0.15, -0.1) is 36.2 Å². The van der Waals surface area contributed by atoms with Gasteiger partial charge in [0.25, 0.3) is 0 Å². The van der Waals surface area contributed by atoms with Crippen LogP contribution in [0.4, 0.5) is 17.6 Å². The molecule has 0 spiro atoms. The van der Waals surface area contributed by atoms with Crippen molar-refractivity contribution in [1.29, 1.82) is 0 Å². The van der Waals surface area contributed by atoms with E-state index in [1.54, 1.807) is 35.6 Å². The highest BCUT2D eigenvalue weighted by molar-refractivity contribution is 7.11. The molecule has 11 heteroatoms. The normalized spacial score (nSPS) is 22.8. The van der Waals surface area contributed by atoms with Crippen molar-refractivity contribution in [1.82, 2.24) is 9.88 Å². The lowest BCUT2D eigenvalue weighted by Gasteiger charge is -2.35. The number of piperidine rings is 1. The van der Waals surface area contributed by atoms with E-state index in [4.69, 9.17) is 4.98 Å². The highest BCUT2D eigenvalue weighted by Gasteiger charge is 2.44. The van der Waals surface area contributed by atoms with Gasteiger partial charge in [0, 0.05) is 17.8 Å². The first-order chi connectivity index (χ1) is 21.6. The Hall–Kier alpha value is -2.20. The molecule has 0 bridgehead atoms. The number of carboxylic acids is 1. The molecule has 2 aromatic carbocycles. The number of hydrogen-bond donors (Lipinski definition) is 1. The predicted octanol–water partition coefficient (Wildman–Crippen LogP) is 9.79. The maximum Gasteiger partial charge on any atom is 0.416 e. The van der Waals surface area contributed by atoms with Crippen molar-refractivity contribution in [2.75, 3.05) is 19.6 Å². The van der Waals surface area contributed by atoms with E-state index in [1.807, 2.05) is 6.07 Å². The SMILES string of the molecule is CCc1nc(Cc2ccc(C(F)(F)F)cc2)sc1C1CCN(CC2CC([C@H](CC3CC3)C(=O)O)CC2c2cccc(F)c2)CC1.Cl.Cl. The third-order valence-corrected chi connectivity index (χ3v) is 11.6. The predicted molar refractivity (Wildman–Crippen MR) is 182 cm³/mol. The van der Waals surface area contributed by atoms with E-state index in [9.17, 15) is 27.5 Å². The number of nitrogens with zero attached hydrogens (tertiary/aromatic N) is 2.